The molecule has 0 spiro atoms. The van der Waals surface area contributed by atoms with E-state index in [0.717, 1.165) is 17.7 Å². The Morgan fingerprint density at radius 3 is 2.72 bits per heavy atom. The highest BCUT2D eigenvalue weighted by atomic mass is 16.5. The Hall–Kier alpha value is -2.86. The molecule has 1 saturated heterocycles. The van der Waals surface area contributed by atoms with E-state index in [1.807, 2.05) is 48.5 Å². The number of aliphatic hydroxyl groups is 1. The quantitative estimate of drug-likeness (QED) is 0.719. The Kier molecular flexibility index (Phi) is 6.54. The molecule has 0 radical (unpaired) electrons. The monoisotopic (exact) mass is 396 g/mol. The van der Waals surface area contributed by atoms with Crippen LogP contribution in [0.5, 0.6) is 5.75 Å². The highest BCUT2D eigenvalue weighted by molar-refractivity contribution is 6.00. The average molecular weight is 396 g/mol. The van der Waals surface area contributed by atoms with Crippen molar-refractivity contribution in [2.24, 2.45) is 5.92 Å². The molecule has 6 nitrogen and oxygen atoms in total. The van der Waals surface area contributed by atoms with Crippen molar-refractivity contribution in [2.45, 2.75) is 31.8 Å². The molecule has 6 heteroatoms. The van der Waals surface area contributed by atoms with Gasteiger partial charge in [-0.3, -0.25) is 9.59 Å². The van der Waals surface area contributed by atoms with E-state index in [-0.39, 0.29) is 24.8 Å². The highest BCUT2D eigenvalue weighted by Crippen LogP contribution is 2.28. The van der Waals surface area contributed by atoms with E-state index in [9.17, 15) is 14.7 Å². The summed E-state index contributed by atoms with van der Waals surface area (Å²) in [5.41, 5.74) is 0.856. The molecule has 0 bridgehead atoms. The van der Waals surface area contributed by atoms with Crippen molar-refractivity contribution < 1.29 is 19.4 Å². The van der Waals surface area contributed by atoms with Gasteiger partial charge in [-0.15, -0.1) is 0 Å². The smallest absolute Gasteiger partial charge is 0.227 e. The van der Waals surface area contributed by atoms with Gasteiger partial charge < -0.3 is 20.1 Å². The number of rotatable bonds is 8. The minimum atomic E-state index is -1.01. The fraction of sp³-hybridized carbons (Fsp3) is 0.391. The van der Waals surface area contributed by atoms with Crippen LogP contribution in [0.1, 0.15) is 25.3 Å². The number of benzene rings is 2. The molecule has 0 unspecified atom stereocenters. The van der Waals surface area contributed by atoms with E-state index >= 15 is 0 Å². The molecule has 1 fully saturated rings. The van der Waals surface area contributed by atoms with Crippen LogP contribution in [0.15, 0.2) is 54.6 Å². The zero-order chi connectivity index (χ0) is 20.9. The first-order valence-electron chi connectivity index (χ1n) is 9.86. The number of amides is 2. The number of carbonyl (C=O) groups is 2. The number of anilines is 1. The number of nitrogens with one attached hydrogen (secondary N) is 1. The van der Waals surface area contributed by atoms with E-state index < -0.39 is 11.5 Å². The molecule has 1 aliphatic heterocycles. The summed E-state index contributed by atoms with van der Waals surface area (Å²) < 4.78 is 5.21. The SMILES string of the molecule is COc1cccc(N2C[C@H](C(=O)NC[C@](C)(O)CCc3ccccc3)CC2=O)c1. The Bertz CT molecular complexity index is 851. The number of carbonyl (C=O) groups excluding carboxylic acids is 2. The molecule has 2 amide bonds. The van der Waals surface area contributed by atoms with Gasteiger partial charge in [-0.05, 0) is 37.5 Å². The van der Waals surface area contributed by atoms with Crippen LogP contribution in [-0.2, 0) is 16.0 Å². The van der Waals surface area contributed by atoms with Gasteiger partial charge in [0.25, 0.3) is 0 Å². The molecular formula is C23H28N2O4. The third kappa shape index (κ3) is 5.57. The van der Waals surface area contributed by atoms with Crippen molar-refractivity contribution in [3.05, 3.63) is 60.2 Å². The van der Waals surface area contributed by atoms with Crippen molar-refractivity contribution >= 4 is 17.5 Å². The fourth-order valence-electron chi connectivity index (χ4n) is 3.48. The van der Waals surface area contributed by atoms with Crippen LogP contribution in [0.3, 0.4) is 0 Å². The molecule has 0 saturated carbocycles. The summed E-state index contributed by atoms with van der Waals surface area (Å²) in [6, 6.07) is 17.2. The first-order valence-corrected chi connectivity index (χ1v) is 9.86. The standard InChI is InChI=1S/C23H28N2O4/c1-23(28,12-11-17-7-4-3-5-8-17)16-24-22(27)18-13-21(26)25(15-18)19-9-6-10-20(14-19)29-2/h3-10,14,18,28H,11-13,15-16H2,1-2H3,(H,24,27)/t18-,23-/m1/s1. The molecular weight excluding hydrogens is 368 g/mol. The third-order valence-electron chi connectivity index (χ3n) is 5.30. The highest BCUT2D eigenvalue weighted by Gasteiger charge is 2.35. The lowest BCUT2D eigenvalue weighted by atomic mass is 9.96. The predicted octanol–water partition coefficient (Wildman–Crippen LogP) is 2.55. The van der Waals surface area contributed by atoms with Crippen LogP contribution in [-0.4, -0.2) is 42.7 Å². The minimum absolute atomic E-state index is 0.0887. The zero-order valence-electron chi connectivity index (χ0n) is 16.9. The maximum absolute atomic E-state index is 12.6. The predicted molar refractivity (Wildman–Crippen MR) is 112 cm³/mol. The van der Waals surface area contributed by atoms with Crippen molar-refractivity contribution in [3.8, 4) is 5.75 Å². The summed E-state index contributed by atoms with van der Waals surface area (Å²) in [5.74, 6) is -0.0609. The van der Waals surface area contributed by atoms with Crippen LogP contribution in [0.4, 0.5) is 5.69 Å². The zero-order valence-corrected chi connectivity index (χ0v) is 16.9. The second-order valence-electron chi connectivity index (χ2n) is 7.81. The van der Waals surface area contributed by atoms with Crippen molar-refractivity contribution in [3.63, 3.8) is 0 Å². The van der Waals surface area contributed by atoms with Crippen molar-refractivity contribution in [1.29, 1.82) is 0 Å². The van der Waals surface area contributed by atoms with E-state index in [4.69, 9.17) is 4.74 Å². The molecule has 3 rings (SSSR count). The van der Waals surface area contributed by atoms with Crippen LogP contribution in [0, 0.1) is 5.92 Å². The molecule has 154 valence electrons. The molecule has 1 aliphatic rings. The van der Waals surface area contributed by atoms with Crippen LogP contribution in [0.2, 0.25) is 0 Å². The van der Waals surface area contributed by atoms with Gasteiger partial charge >= 0.3 is 0 Å². The normalized spacial score (nSPS) is 18.4. The van der Waals surface area contributed by atoms with Crippen LogP contribution >= 0.6 is 0 Å². The Morgan fingerprint density at radius 1 is 1.24 bits per heavy atom. The molecule has 2 aromatic carbocycles. The van der Waals surface area contributed by atoms with Gasteiger partial charge in [0.1, 0.15) is 5.75 Å². The van der Waals surface area contributed by atoms with E-state index in [1.54, 1.807) is 25.0 Å². The molecule has 0 aromatic heterocycles. The number of methoxy groups -OCH3 is 1. The Labute approximate surface area is 171 Å². The lowest BCUT2D eigenvalue weighted by molar-refractivity contribution is -0.127. The summed E-state index contributed by atoms with van der Waals surface area (Å²) >= 11 is 0. The fourth-order valence-corrected chi connectivity index (χ4v) is 3.48. The molecule has 1 heterocycles. The van der Waals surface area contributed by atoms with Gasteiger partial charge in [0, 0.05) is 31.3 Å². The van der Waals surface area contributed by atoms with Gasteiger partial charge in [0.2, 0.25) is 11.8 Å². The maximum Gasteiger partial charge on any atom is 0.227 e. The van der Waals surface area contributed by atoms with Crippen molar-refractivity contribution in [1.82, 2.24) is 5.32 Å². The summed E-state index contributed by atoms with van der Waals surface area (Å²) in [7, 11) is 1.57. The third-order valence-corrected chi connectivity index (χ3v) is 5.30. The van der Waals surface area contributed by atoms with Gasteiger partial charge in [-0.25, -0.2) is 0 Å². The maximum atomic E-state index is 12.6. The van der Waals surface area contributed by atoms with Crippen LogP contribution < -0.4 is 15.0 Å². The second kappa shape index (κ2) is 9.09. The van der Waals surface area contributed by atoms with Crippen LogP contribution in [0.25, 0.3) is 0 Å². The summed E-state index contributed by atoms with van der Waals surface area (Å²) in [6.07, 6.45) is 1.43. The summed E-state index contributed by atoms with van der Waals surface area (Å²) in [6.45, 7) is 2.20. The van der Waals surface area contributed by atoms with E-state index in [0.29, 0.717) is 18.7 Å². The summed E-state index contributed by atoms with van der Waals surface area (Å²) in [4.78, 5) is 26.6. The number of nitrogens with zero attached hydrogens (tertiary/aromatic N) is 1. The molecule has 2 aromatic rings. The minimum Gasteiger partial charge on any atom is -0.497 e. The molecule has 0 aliphatic carbocycles. The van der Waals surface area contributed by atoms with Gasteiger partial charge in [-0.2, -0.15) is 0 Å². The summed E-state index contributed by atoms with van der Waals surface area (Å²) in [5, 5.41) is 13.4. The first-order chi connectivity index (χ1) is 13.9. The second-order valence-corrected chi connectivity index (χ2v) is 7.81. The van der Waals surface area contributed by atoms with Gasteiger partial charge in [0.05, 0.1) is 18.6 Å². The van der Waals surface area contributed by atoms with Gasteiger partial charge in [0.15, 0.2) is 0 Å². The molecule has 2 N–H and O–H groups in total. The number of ether oxygens (including phenoxy) is 1. The average Bonchev–Trinajstić information content (AvgIpc) is 3.13. The largest absolute Gasteiger partial charge is 0.497 e. The Balaban J connectivity index is 1.52. The molecule has 29 heavy (non-hydrogen) atoms. The first kappa shape index (κ1) is 20.9. The lowest BCUT2D eigenvalue weighted by Gasteiger charge is -2.24. The van der Waals surface area contributed by atoms with Crippen molar-refractivity contribution in [2.75, 3.05) is 25.1 Å². The topological polar surface area (TPSA) is 78.9 Å². The van der Waals surface area contributed by atoms with E-state index in [1.165, 1.54) is 0 Å². The molecule has 2 atom stereocenters. The van der Waals surface area contributed by atoms with E-state index in [2.05, 4.69) is 5.32 Å². The number of hydrogen-bond donors (Lipinski definition) is 2. The number of hydrogen-bond acceptors (Lipinski definition) is 4. The van der Waals surface area contributed by atoms with Gasteiger partial charge in [-0.1, -0.05) is 36.4 Å². The number of aryl methyl sites for hydroxylation is 1. The Morgan fingerprint density at radius 2 is 2.00 bits per heavy atom. The lowest BCUT2D eigenvalue weighted by Crippen LogP contribution is -2.43.